The van der Waals surface area contributed by atoms with Crippen LogP contribution in [0.3, 0.4) is 0 Å². The monoisotopic (exact) mass is 353 g/mol. The summed E-state index contributed by atoms with van der Waals surface area (Å²) in [6, 6.07) is 19.6. The van der Waals surface area contributed by atoms with Crippen LogP contribution in [0.2, 0.25) is 5.02 Å². The van der Waals surface area contributed by atoms with Crippen molar-refractivity contribution in [2.24, 2.45) is 4.99 Å². The van der Waals surface area contributed by atoms with Gasteiger partial charge in [-0.1, -0.05) is 41.9 Å². The summed E-state index contributed by atoms with van der Waals surface area (Å²) >= 11 is 6.13. The molecule has 3 rings (SSSR count). The van der Waals surface area contributed by atoms with Crippen molar-refractivity contribution in [1.82, 2.24) is 0 Å². The van der Waals surface area contributed by atoms with E-state index >= 15 is 0 Å². The van der Waals surface area contributed by atoms with Crippen LogP contribution in [0.25, 0.3) is 0 Å². The van der Waals surface area contributed by atoms with E-state index in [2.05, 4.69) is 4.99 Å². The molecule has 0 saturated carbocycles. The molecule has 0 N–H and O–H groups in total. The van der Waals surface area contributed by atoms with Gasteiger partial charge >= 0.3 is 0 Å². The first-order valence-electron chi connectivity index (χ1n) is 7.89. The molecule has 0 saturated heterocycles. The quantitative estimate of drug-likeness (QED) is 0.506. The van der Waals surface area contributed by atoms with Crippen molar-refractivity contribution in [3.63, 3.8) is 0 Å². The summed E-state index contributed by atoms with van der Waals surface area (Å²) < 4.78 is 19.1. The zero-order valence-corrected chi connectivity index (χ0v) is 14.5. The van der Waals surface area contributed by atoms with E-state index in [0.29, 0.717) is 17.4 Å². The maximum atomic E-state index is 13.3. The minimum Gasteiger partial charge on any atom is -0.488 e. The normalized spacial score (nSPS) is 11.0. The number of nitrogens with zero attached hydrogens (tertiary/aromatic N) is 1. The summed E-state index contributed by atoms with van der Waals surface area (Å²) in [5, 5.41) is 0.685. The van der Waals surface area contributed by atoms with Gasteiger partial charge in [0, 0.05) is 16.8 Å². The minimum absolute atomic E-state index is 0.271. The number of hydrogen-bond acceptors (Lipinski definition) is 2. The lowest BCUT2D eigenvalue weighted by Crippen LogP contribution is -1.98. The van der Waals surface area contributed by atoms with Crippen molar-refractivity contribution in [2.45, 2.75) is 13.5 Å². The molecule has 0 unspecified atom stereocenters. The third kappa shape index (κ3) is 4.46. The van der Waals surface area contributed by atoms with Crippen molar-refractivity contribution in [3.8, 4) is 5.75 Å². The molecule has 4 heteroatoms. The summed E-state index contributed by atoms with van der Waals surface area (Å²) in [6.45, 7) is 2.22. The van der Waals surface area contributed by atoms with Crippen LogP contribution < -0.4 is 4.74 Å². The number of rotatable bonds is 5. The topological polar surface area (TPSA) is 21.6 Å². The van der Waals surface area contributed by atoms with Gasteiger partial charge in [-0.2, -0.15) is 0 Å². The highest BCUT2D eigenvalue weighted by Crippen LogP contribution is 2.26. The predicted molar refractivity (Wildman–Crippen MR) is 101 cm³/mol. The van der Waals surface area contributed by atoms with Gasteiger partial charge in [0.05, 0.1) is 5.69 Å². The number of para-hydroxylation sites is 1. The van der Waals surface area contributed by atoms with E-state index in [1.54, 1.807) is 12.3 Å². The zero-order valence-electron chi connectivity index (χ0n) is 13.7. The van der Waals surface area contributed by atoms with Crippen molar-refractivity contribution in [3.05, 3.63) is 94.3 Å². The minimum atomic E-state index is -0.271. The van der Waals surface area contributed by atoms with E-state index in [1.165, 1.54) is 12.1 Å². The molecule has 0 heterocycles. The highest BCUT2D eigenvalue weighted by atomic mass is 35.5. The van der Waals surface area contributed by atoms with Crippen LogP contribution in [-0.4, -0.2) is 6.21 Å². The van der Waals surface area contributed by atoms with Gasteiger partial charge in [0.15, 0.2) is 0 Å². The van der Waals surface area contributed by atoms with Gasteiger partial charge in [0.2, 0.25) is 0 Å². The lowest BCUT2D eigenvalue weighted by Gasteiger charge is -2.09. The van der Waals surface area contributed by atoms with Gasteiger partial charge in [-0.05, 0) is 54.4 Å². The van der Waals surface area contributed by atoms with Crippen LogP contribution in [-0.2, 0) is 6.61 Å². The molecule has 2 nitrogen and oxygen atoms in total. The highest BCUT2D eigenvalue weighted by molar-refractivity contribution is 6.31. The molecule has 25 heavy (non-hydrogen) atoms. The first kappa shape index (κ1) is 17.2. The van der Waals surface area contributed by atoms with Gasteiger partial charge < -0.3 is 4.74 Å². The Morgan fingerprint density at radius 3 is 2.68 bits per heavy atom. The molecule has 0 amide bonds. The second-order valence-electron chi connectivity index (χ2n) is 5.60. The van der Waals surface area contributed by atoms with Crippen LogP contribution in [0.15, 0.2) is 71.7 Å². The van der Waals surface area contributed by atoms with Gasteiger partial charge in [-0.25, -0.2) is 4.39 Å². The van der Waals surface area contributed by atoms with E-state index in [-0.39, 0.29) is 5.82 Å². The van der Waals surface area contributed by atoms with Crippen LogP contribution in [0, 0.1) is 12.7 Å². The smallest absolute Gasteiger partial charge is 0.128 e. The van der Waals surface area contributed by atoms with Gasteiger partial charge in [0.1, 0.15) is 18.2 Å². The summed E-state index contributed by atoms with van der Waals surface area (Å²) in [4.78, 5) is 4.52. The summed E-state index contributed by atoms with van der Waals surface area (Å²) in [7, 11) is 0. The van der Waals surface area contributed by atoms with Gasteiger partial charge in [-0.3, -0.25) is 4.99 Å². The molecule has 0 bridgehead atoms. The van der Waals surface area contributed by atoms with Crippen molar-refractivity contribution in [2.75, 3.05) is 0 Å². The Balaban J connectivity index is 1.79. The van der Waals surface area contributed by atoms with Crippen molar-refractivity contribution >= 4 is 23.5 Å². The van der Waals surface area contributed by atoms with Crippen LogP contribution in [0.5, 0.6) is 5.75 Å². The number of aliphatic imine (C=N–C) groups is 1. The van der Waals surface area contributed by atoms with E-state index in [9.17, 15) is 4.39 Å². The molecule has 0 radical (unpaired) electrons. The zero-order chi connectivity index (χ0) is 17.6. The van der Waals surface area contributed by atoms with Crippen LogP contribution >= 0.6 is 11.6 Å². The van der Waals surface area contributed by atoms with E-state index in [4.69, 9.17) is 16.3 Å². The average molecular weight is 354 g/mol. The number of halogens is 2. The molecular formula is C21H17ClFNO. The molecule has 3 aromatic rings. The molecule has 3 aromatic carbocycles. The highest BCUT2D eigenvalue weighted by Gasteiger charge is 2.04. The summed E-state index contributed by atoms with van der Waals surface area (Å²) in [5.74, 6) is 0.419. The molecule has 0 aliphatic rings. The van der Waals surface area contributed by atoms with Crippen LogP contribution in [0.1, 0.15) is 16.7 Å². The Bertz CT molecular complexity index is 908. The van der Waals surface area contributed by atoms with Gasteiger partial charge in [-0.15, -0.1) is 0 Å². The van der Waals surface area contributed by atoms with E-state index in [0.717, 1.165) is 22.4 Å². The molecule has 0 spiro atoms. The fourth-order valence-electron chi connectivity index (χ4n) is 2.38. The number of hydrogen-bond donors (Lipinski definition) is 0. The lowest BCUT2D eigenvalue weighted by molar-refractivity contribution is 0.305. The number of ether oxygens (including phenoxy) is 1. The molecule has 0 fully saturated rings. The number of benzene rings is 3. The summed E-state index contributed by atoms with van der Waals surface area (Å²) in [5.41, 5.74) is 3.36. The van der Waals surface area contributed by atoms with E-state index in [1.807, 2.05) is 55.5 Å². The summed E-state index contributed by atoms with van der Waals surface area (Å²) in [6.07, 6.45) is 1.75. The molecule has 0 atom stereocenters. The standard InChI is InChI=1S/C21H17ClFNO/c1-15-19(22)9-5-10-20(15)24-13-17-7-2-3-11-21(17)25-14-16-6-4-8-18(23)12-16/h2-13H,14H2,1H3. The molecule has 0 aliphatic heterocycles. The largest absolute Gasteiger partial charge is 0.488 e. The van der Waals surface area contributed by atoms with E-state index < -0.39 is 0 Å². The Hall–Kier alpha value is -2.65. The fourth-order valence-corrected chi connectivity index (χ4v) is 2.55. The molecular weight excluding hydrogens is 337 g/mol. The molecule has 0 aromatic heterocycles. The average Bonchev–Trinajstić information content (AvgIpc) is 2.62. The van der Waals surface area contributed by atoms with Crippen molar-refractivity contribution < 1.29 is 9.13 Å². The maximum absolute atomic E-state index is 13.3. The SMILES string of the molecule is Cc1c(Cl)cccc1N=Cc1ccccc1OCc1cccc(F)c1. The fraction of sp³-hybridized carbons (Fsp3) is 0.0952. The van der Waals surface area contributed by atoms with Crippen molar-refractivity contribution in [1.29, 1.82) is 0 Å². The predicted octanol–water partition coefficient (Wildman–Crippen LogP) is 6.12. The lowest BCUT2D eigenvalue weighted by atomic mass is 10.2. The maximum Gasteiger partial charge on any atom is 0.128 e. The Morgan fingerprint density at radius 1 is 1.04 bits per heavy atom. The van der Waals surface area contributed by atoms with Crippen LogP contribution in [0.4, 0.5) is 10.1 Å². The first-order chi connectivity index (χ1) is 12.1. The second-order valence-corrected chi connectivity index (χ2v) is 6.01. The first-order valence-corrected chi connectivity index (χ1v) is 8.27. The Kier molecular flexibility index (Phi) is 5.46. The Morgan fingerprint density at radius 2 is 1.84 bits per heavy atom. The third-order valence-electron chi connectivity index (χ3n) is 3.78. The molecule has 126 valence electrons. The third-order valence-corrected chi connectivity index (χ3v) is 4.19. The molecule has 0 aliphatic carbocycles. The second kappa shape index (κ2) is 7.95. The van der Waals surface area contributed by atoms with Gasteiger partial charge in [0.25, 0.3) is 0 Å². The Labute approximate surface area is 151 Å².